The highest BCUT2D eigenvalue weighted by molar-refractivity contribution is 6.31. The number of piperidine rings is 1. The minimum atomic E-state index is 0.247. The number of hydrogen-bond acceptors (Lipinski definition) is 2. The smallest absolute Gasteiger partial charge is 0.0860 e. The number of aromatic nitrogens is 2. The Morgan fingerprint density at radius 2 is 2.17 bits per heavy atom. The third-order valence-corrected chi connectivity index (χ3v) is 4.84. The first kappa shape index (κ1) is 14.2. The Balaban J connectivity index is 2.10. The van der Waals surface area contributed by atoms with E-state index in [1.165, 1.54) is 0 Å². The van der Waals surface area contributed by atoms with E-state index in [1.807, 2.05) is 11.6 Å². The van der Waals surface area contributed by atoms with Gasteiger partial charge in [0.2, 0.25) is 0 Å². The molecule has 18 heavy (non-hydrogen) atoms. The van der Waals surface area contributed by atoms with Crippen molar-refractivity contribution < 1.29 is 0 Å². The molecule has 0 amide bonds. The summed E-state index contributed by atoms with van der Waals surface area (Å²) < 4.78 is 2.00. The number of nitrogens with zero attached hydrogens (tertiary/aromatic N) is 3. The standard InChI is InChI=1S/C13H21Cl2N3/c1-4-18-12(13(15)10(3)16-18)8-17-6-5-9(2)11(14)7-17/h9,11H,4-8H2,1-3H3. The summed E-state index contributed by atoms with van der Waals surface area (Å²) in [4.78, 5) is 2.38. The van der Waals surface area contributed by atoms with Crippen molar-refractivity contribution in [3.63, 3.8) is 0 Å². The van der Waals surface area contributed by atoms with Crippen molar-refractivity contribution in [2.45, 2.75) is 45.7 Å². The highest BCUT2D eigenvalue weighted by atomic mass is 35.5. The fourth-order valence-corrected chi connectivity index (χ4v) is 2.98. The van der Waals surface area contributed by atoms with E-state index >= 15 is 0 Å². The third-order valence-electron chi connectivity index (χ3n) is 3.78. The largest absolute Gasteiger partial charge is 0.296 e. The molecule has 0 bridgehead atoms. The zero-order valence-electron chi connectivity index (χ0n) is 11.3. The molecular formula is C13H21Cl2N3. The average molecular weight is 290 g/mol. The molecule has 0 radical (unpaired) electrons. The molecule has 1 aromatic rings. The SMILES string of the molecule is CCn1nc(C)c(Cl)c1CN1CCC(C)C(Cl)C1. The van der Waals surface area contributed by atoms with Crippen LogP contribution < -0.4 is 0 Å². The first-order chi connectivity index (χ1) is 8.52. The van der Waals surface area contributed by atoms with Gasteiger partial charge in [0.05, 0.1) is 16.4 Å². The molecule has 0 aromatic carbocycles. The maximum Gasteiger partial charge on any atom is 0.0860 e. The van der Waals surface area contributed by atoms with E-state index in [2.05, 4.69) is 23.8 Å². The molecule has 0 saturated carbocycles. The van der Waals surface area contributed by atoms with Crippen LogP contribution in [0.5, 0.6) is 0 Å². The lowest BCUT2D eigenvalue weighted by molar-refractivity contribution is 0.185. The summed E-state index contributed by atoms with van der Waals surface area (Å²) in [7, 11) is 0. The van der Waals surface area contributed by atoms with Crippen molar-refractivity contribution in [3.8, 4) is 0 Å². The van der Waals surface area contributed by atoms with Gasteiger partial charge < -0.3 is 0 Å². The summed E-state index contributed by atoms with van der Waals surface area (Å²) in [6.07, 6.45) is 1.16. The molecule has 1 aromatic heterocycles. The molecule has 0 spiro atoms. The Labute approximate surface area is 119 Å². The van der Waals surface area contributed by atoms with Gasteiger partial charge in [0.15, 0.2) is 0 Å². The van der Waals surface area contributed by atoms with Gasteiger partial charge in [-0.1, -0.05) is 18.5 Å². The van der Waals surface area contributed by atoms with E-state index in [0.29, 0.717) is 5.92 Å². The molecule has 2 heterocycles. The minimum absolute atomic E-state index is 0.247. The first-order valence-corrected chi connectivity index (χ1v) is 7.42. The van der Waals surface area contributed by atoms with Crippen molar-refractivity contribution >= 4 is 23.2 Å². The molecule has 5 heteroatoms. The maximum absolute atomic E-state index is 6.35. The average Bonchev–Trinajstić information content (AvgIpc) is 2.61. The molecule has 3 nitrogen and oxygen atoms in total. The van der Waals surface area contributed by atoms with E-state index in [1.54, 1.807) is 0 Å². The predicted octanol–water partition coefficient (Wildman–Crippen LogP) is 3.31. The molecular weight excluding hydrogens is 269 g/mol. The summed E-state index contributed by atoms with van der Waals surface area (Å²) >= 11 is 12.7. The lowest BCUT2D eigenvalue weighted by Gasteiger charge is -2.33. The van der Waals surface area contributed by atoms with Gasteiger partial charge in [0, 0.05) is 25.0 Å². The Bertz CT molecular complexity index is 417. The van der Waals surface area contributed by atoms with Crippen LogP contribution in [-0.4, -0.2) is 33.1 Å². The van der Waals surface area contributed by atoms with Crippen LogP contribution in [-0.2, 0) is 13.1 Å². The van der Waals surface area contributed by atoms with Gasteiger partial charge in [-0.25, -0.2) is 0 Å². The molecule has 0 N–H and O–H groups in total. The molecule has 2 rings (SSSR count). The van der Waals surface area contributed by atoms with E-state index in [0.717, 1.165) is 49.0 Å². The fraction of sp³-hybridized carbons (Fsp3) is 0.769. The maximum atomic E-state index is 6.35. The van der Waals surface area contributed by atoms with Gasteiger partial charge in [0.1, 0.15) is 0 Å². The van der Waals surface area contributed by atoms with Crippen LogP contribution in [0.1, 0.15) is 31.7 Å². The third kappa shape index (κ3) is 2.84. The van der Waals surface area contributed by atoms with Crippen molar-refractivity contribution in [3.05, 3.63) is 16.4 Å². The van der Waals surface area contributed by atoms with E-state index in [-0.39, 0.29) is 5.38 Å². The van der Waals surface area contributed by atoms with Crippen LogP contribution in [0.25, 0.3) is 0 Å². The Hall–Kier alpha value is -0.250. The lowest BCUT2D eigenvalue weighted by atomic mass is 9.98. The molecule has 1 saturated heterocycles. The van der Waals surface area contributed by atoms with E-state index in [9.17, 15) is 0 Å². The van der Waals surface area contributed by atoms with Crippen molar-refractivity contribution in [2.75, 3.05) is 13.1 Å². The highest BCUT2D eigenvalue weighted by Gasteiger charge is 2.26. The number of likely N-dealkylation sites (tertiary alicyclic amines) is 1. The van der Waals surface area contributed by atoms with Gasteiger partial charge in [-0.3, -0.25) is 9.58 Å². The second kappa shape index (κ2) is 5.81. The van der Waals surface area contributed by atoms with Crippen LogP contribution >= 0.6 is 23.2 Å². The highest BCUT2D eigenvalue weighted by Crippen LogP contribution is 2.26. The minimum Gasteiger partial charge on any atom is -0.296 e. The van der Waals surface area contributed by atoms with Crippen LogP contribution in [0.15, 0.2) is 0 Å². The second-order valence-corrected chi connectivity index (χ2v) is 6.12. The molecule has 0 aliphatic carbocycles. The topological polar surface area (TPSA) is 21.1 Å². The van der Waals surface area contributed by atoms with Gasteiger partial charge in [-0.2, -0.15) is 5.10 Å². The Morgan fingerprint density at radius 3 is 2.78 bits per heavy atom. The summed E-state index contributed by atoms with van der Waals surface area (Å²) in [5.41, 5.74) is 2.04. The zero-order valence-corrected chi connectivity index (χ0v) is 12.8. The molecule has 2 unspecified atom stereocenters. The summed E-state index contributed by atoms with van der Waals surface area (Å²) in [6, 6.07) is 0. The first-order valence-electron chi connectivity index (χ1n) is 6.61. The summed E-state index contributed by atoms with van der Waals surface area (Å²) in [6.45, 7) is 10.0. The van der Waals surface area contributed by atoms with Crippen molar-refractivity contribution in [2.24, 2.45) is 5.92 Å². The molecule has 1 aliphatic heterocycles. The normalized spacial score (nSPS) is 25.6. The van der Waals surface area contributed by atoms with Crippen molar-refractivity contribution in [1.82, 2.24) is 14.7 Å². The monoisotopic (exact) mass is 289 g/mol. The van der Waals surface area contributed by atoms with E-state index < -0.39 is 0 Å². The van der Waals surface area contributed by atoms with Crippen LogP contribution in [0.4, 0.5) is 0 Å². The van der Waals surface area contributed by atoms with Gasteiger partial charge in [0.25, 0.3) is 0 Å². The molecule has 1 aliphatic rings. The number of halogens is 2. The quantitative estimate of drug-likeness (QED) is 0.796. The fourth-order valence-electron chi connectivity index (χ4n) is 2.46. The van der Waals surface area contributed by atoms with Crippen LogP contribution in [0.2, 0.25) is 5.02 Å². The van der Waals surface area contributed by atoms with Crippen LogP contribution in [0, 0.1) is 12.8 Å². The number of aryl methyl sites for hydroxylation is 2. The predicted molar refractivity (Wildman–Crippen MR) is 76.3 cm³/mol. The van der Waals surface area contributed by atoms with Gasteiger partial charge in [-0.15, -0.1) is 11.6 Å². The molecule has 1 fully saturated rings. The Kier molecular flexibility index (Phi) is 4.57. The van der Waals surface area contributed by atoms with Gasteiger partial charge >= 0.3 is 0 Å². The summed E-state index contributed by atoms with van der Waals surface area (Å²) in [5.74, 6) is 0.608. The van der Waals surface area contributed by atoms with E-state index in [4.69, 9.17) is 23.2 Å². The Morgan fingerprint density at radius 1 is 1.44 bits per heavy atom. The number of hydrogen-bond donors (Lipinski definition) is 0. The zero-order chi connectivity index (χ0) is 13.3. The van der Waals surface area contributed by atoms with Gasteiger partial charge in [-0.05, 0) is 32.7 Å². The lowest BCUT2D eigenvalue weighted by Crippen LogP contribution is -2.40. The van der Waals surface area contributed by atoms with Crippen LogP contribution in [0.3, 0.4) is 0 Å². The molecule has 2 atom stereocenters. The summed E-state index contributed by atoms with van der Waals surface area (Å²) in [5, 5.41) is 5.51. The second-order valence-electron chi connectivity index (χ2n) is 5.18. The number of alkyl halides is 1. The van der Waals surface area contributed by atoms with Crippen molar-refractivity contribution in [1.29, 1.82) is 0 Å². The number of rotatable bonds is 3. The molecule has 102 valence electrons.